The standard InChI is InChI=1S/C13H22ClN3/c1-9(2)7-17(10(3)4)8-12-11(14)5-6-13(15)16-12/h5-6,9-10H,7-8H2,1-4H3,(H2,15,16). The Balaban J connectivity index is 2.81. The Bertz CT molecular complexity index is 364. The van der Waals surface area contributed by atoms with Crippen LogP contribution >= 0.6 is 11.6 Å². The molecule has 0 fully saturated rings. The number of pyridine rings is 1. The molecule has 1 aromatic rings. The normalized spacial score (nSPS) is 11.8. The highest BCUT2D eigenvalue weighted by Gasteiger charge is 2.14. The third kappa shape index (κ3) is 4.52. The smallest absolute Gasteiger partial charge is 0.123 e. The van der Waals surface area contributed by atoms with Crippen LogP contribution in [-0.4, -0.2) is 22.5 Å². The second-order valence-electron chi connectivity index (χ2n) is 5.08. The maximum absolute atomic E-state index is 6.14. The largest absolute Gasteiger partial charge is 0.384 e. The van der Waals surface area contributed by atoms with Crippen molar-refractivity contribution >= 4 is 17.4 Å². The molecule has 17 heavy (non-hydrogen) atoms. The van der Waals surface area contributed by atoms with Gasteiger partial charge in [0.15, 0.2) is 0 Å². The van der Waals surface area contributed by atoms with Crippen molar-refractivity contribution in [3.63, 3.8) is 0 Å². The summed E-state index contributed by atoms with van der Waals surface area (Å²) >= 11 is 6.14. The average molecular weight is 256 g/mol. The van der Waals surface area contributed by atoms with E-state index in [9.17, 15) is 0 Å². The molecular formula is C13H22ClN3. The number of nitrogen functional groups attached to an aromatic ring is 1. The maximum atomic E-state index is 6.14. The summed E-state index contributed by atoms with van der Waals surface area (Å²) in [5.74, 6) is 1.15. The van der Waals surface area contributed by atoms with Crippen LogP contribution < -0.4 is 5.73 Å². The van der Waals surface area contributed by atoms with Crippen molar-refractivity contribution in [1.29, 1.82) is 0 Å². The summed E-state index contributed by atoms with van der Waals surface area (Å²) in [4.78, 5) is 6.67. The fourth-order valence-electron chi connectivity index (χ4n) is 1.73. The van der Waals surface area contributed by atoms with Crippen LogP contribution in [0.5, 0.6) is 0 Å². The van der Waals surface area contributed by atoms with Crippen molar-refractivity contribution in [1.82, 2.24) is 9.88 Å². The molecule has 0 atom stereocenters. The third-order valence-corrected chi connectivity index (χ3v) is 2.97. The SMILES string of the molecule is CC(C)CN(Cc1nc(N)ccc1Cl)C(C)C. The predicted octanol–water partition coefficient (Wildman–Crippen LogP) is 3.18. The van der Waals surface area contributed by atoms with E-state index in [1.165, 1.54) is 0 Å². The van der Waals surface area contributed by atoms with Gasteiger partial charge >= 0.3 is 0 Å². The Labute approximate surface area is 109 Å². The molecule has 2 N–H and O–H groups in total. The minimum Gasteiger partial charge on any atom is -0.384 e. The Morgan fingerprint density at radius 3 is 2.47 bits per heavy atom. The quantitative estimate of drug-likeness (QED) is 0.879. The van der Waals surface area contributed by atoms with Gasteiger partial charge in [0.2, 0.25) is 0 Å². The van der Waals surface area contributed by atoms with E-state index in [-0.39, 0.29) is 0 Å². The van der Waals surface area contributed by atoms with E-state index in [2.05, 4.69) is 37.6 Å². The topological polar surface area (TPSA) is 42.2 Å². The lowest BCUT2D eigenvalue weighted by Crippen LogP contribution is -2.34. The second-order valence-corrected chi connectivity index (χ2v) is 5.49. The van der Waals surface area contributed by atoms with E-state index < -0.39 is 0 Å². The van der Waals surface area contributed by atoms with E-state index in [1.807, 2.05) is 6.07 Å². The lowest BCUT2D eigenvalue weighted by molar-refractivity contribution is 0.187. The lowest BCUT2D eigenvalue weighted by atomic mass is 10.1. The van der Waals surface area contributed by atoms with E-state index in [4.69, 9.17) is 17.3 Å². The van der Waals surface area contributed by atoms with Gasteiger partial charge in [-0.1, -0.05) is 25.4 Å². The molecule has 96 valence electrons. The third-order valence-electron chi connectivity index (χ3n) is 2.62. The van der Waals surface area contributed by atoms with Gasteiger partial charge in [-0.05, 0) is 31.9 Å². The van der Waals surface area contributed by atoms with E-state index in [0.717, 1.165) is 18.8 Å². The molecule has 1 aromatic heterocycles. The van der Waals surface area contributed by atoms with Gasteiger partial charge in [0.05, 0.1) is 10.7 Å². The lowest BCUT2D eigenvalue weighted by Gasteiger charge is -2.28. The minimum absolute atomic E-state index is 0.469. The Hall–Kier alpha value is -0.800. The van der Waals surface area contributed by atoms with Crippen LogP contribution in [0.25, 0.3) is 0 Å². The molecule has 0 saturated carbocycles. The van der Waals surface area contributed by atoms with Gasteiger partial charge < -0.3 is 5.73 Å². The highest BCUT2D eigenvalue weighted by atomic mass is 35.5. The summed E-state index contributed by atoms with van der Waals surface area (Å²) in [6.07, 6.45) is 0. The van der Waals surface area contributed by atoms with Crippen molar-refractivity contribution in [2.45, 2.75) is 40.3 Å². The number of rotatable bonds is 5. The van der Waals surface area contributed by atoms with Crippen molar-refractivity contribution in [2.75, 3.05) is 12.3 Å². The molecular weight excluding hydrogens is 234 g/mol. The zero-order valence-corrected chi connectivity index (χ0v) is 11.8. The summed E-state index contributed by atoms with van der Waals surface area (Å²) in [6.45, 7) is 10.6. The van der Waals surface area contributed by atoms with Crippen LogP contribution in [0.2, 0.25) is 5.02 Å². The Kier molecular flexibility index (Phi) is 5.22. The van der Waals surface area contributed by atoms with E-state index >= 15 is 0 Å². The van der Waals surface area contributed by atoms with Gasteiger partial charge in [-0.3, -0.25) is 4.90 Å². The number of hydrogen-bond acceptors (Lipinski definition) is 3. The van der Waals surface area contributed by atoms with Gasteiger partial charge in [0.1, 0.15) is 5.82 Å². The number of anilines is 1. The molecule has 0 radical (unpaired) electrons. The molecule has 0 aromatic carbocycles. The van der Waals surface area contributed by atoms with Gasteiger partial charge in [-0.15, -0.1) is 0 Å². The monoisotopic (exact) mass is 255 g/mol. The highest BCUT2D eigenvalue weighted by Crippen LogP contribution is 2.18. The van der Waals surface area contributed by atoms with Crippen LogP contribution in [0, 0.1) is 5.92 Å². The highest BCUT2D eigenvalue weighted by molar-refractivity contribution is 6.31. The first kappa shape index (κ1) is 14.3. The molecule has 1 rings (SSSR count). The van der Waals surface area contributed by atoms with E-state index in [1.54, 1.807) is 6.07 Å². The average Bonchev–Trinajstić information content (AvgIpc) is 2.21. The molecule has 0 aliphatic carbocycles. The summed E-state index contributed by atoms with van der Waals surface area (Å²) < 4.78 is 0. The molecule has 0 unspecified atom stereocenters. The van der Waals surface area contributed by atoms with Gasteiger partial charge in [0, 0.05) is 19.1 Å². The fraction of sp³-hybridized carbons (Fsp3) is 0.615. The summed E-state index contributed by atoms with van der Waals surface area (Å²) in [6, 6.07) is 4.01. The first-order valence-electron chi connectivity index (χ1n) is 6.05. The van der Waals surface area contributed by atoms with Crippen LogP contribution in [0.4, 0.5) is 5.82 Å². The number of nitrogens with two attached hydrogens (primary N) is 1. The van der Waals surface area contributed by atoms with Crippen molar-refractivity contribution in [2.24, 2.45) is 5.92 Å². The van der Waals surface area contributed by atoms with Gasteiger partial charge in [0.25, 0.3) is 0 Å². The Morgan fingerprint density at radius 2 is 1.94 bits per heavy atom. The number of halogens is 1. The number of hydrogen-bond donors (Lipinski definition) is 1. The van der Waals surface area contributed by atoms with Crippen molar-refractivity contribution < 1.29 is 0 Å². The summed E-state index contributed by atoms with van der Waals surface area (Å²) in [5, 5.41) is 0.689. The second kappa shape index (κ2) is 6.22. The van der Waals surface area contributed by atoms with Gasteiger partial charge in [-0.2, -0.15) is 0 Å². The predicted molar refractivity (Wildman–Crippen MR) is 74.0 cm³/mol. The molecule has 0 bridgehead atoms. The zero-order chi connectivity index (χ0) is 13.0. The molecule has 3 nitrogen and oxygen atoms in total. The van der Waals surface area contributed by atoms with Crippen LogP contribution in [0.3, 0.4) is 0 Å². The zero-order valence-electron chi connectivity index (χ0n) is 11.1. The first-order valence-corrected chi connectivity index (χ1v) is 6.43. The van der Waals surface area contributed by atoms with E-state index in [0.29, 0.717) is 22.8 Å². The first-order chi connectivity index (χ1) is 7.90. The van der Waals surface area contributed by atoms with Gasteiger partial charge in [-0.25, -0.2) is 4.98 Å². The van der Waals surface area contributed by atoms with Crippen molar-refractivity contribution in [3.8, 4) is 0 Å². The molecule has 0 spiro atoms. The van der Waals surface area contributed by atoms with Crippen LogP contribution in [-0.2, 0) is 6.54 Å². The van der Waals surface area contributed by atoms with Crippen LogP contribution in [0.1, 0.15) is 33.4 Å². The number of aromatic nitrogens is 1. The summed E-state index contributed by atoms with van der Waals surface area (Å²) in [7, 11) is 0. The fourth-order valence-corrected chi connectivity index (χ4v) is 1.90. The van der Waals surface area contributed by atoms with Crippen LogP contribution in [0.15, 0.2) is 12.1 Å². The molecule has 4 heteroatoms. The summed E-state index contributed by atoms with van der Waals surface area (Å²) in [5.41, 5.74) is 6.55. The Morgan fingerprint density at radius 1 is 1.29 bits per heavy atom. The number of nitrogens with zero attached hydrogens (tertiary/aromatic N) is 2. The minimum atomic E-state index is 0.469. The van der Waals surface area contributed by atoms with Crippen molar-refractivity contribution in [3.05, 3.63) is 22.8 Å². The molecule has 0 aliphatic heterocycles. The molecule has 0 aliphatic rings. The maximum Gasteiger partial charge on any atom is 0.123 e. The molecule has 0 amide bonds. The molecule has 0 saturated heterocycles. The molecule has 1 heterocycles.